The highest BCUT2D eigenvalue weighted by molar-refractivity contribution is 5.17. The normalized spacial score (nSPS) is 26.5. The number of aliphatic hydroxyl groups is 1. The van der Waals surface area contributed by atoms with E-state index in [4.69, 9.17) is 4.74 Å². The molecule has 0 bridgehead atoms. The van der Waals surface area contributed by atoms with Crippen molar-refractivity contribution in [1.29, 1.82) is 0 Å². The Hall–Kier alpha value is -0.900. The van der Waals surface area contributed by atoms with E-state index in [1.54, 1.807) is 0 Å². The molecule has 2 rings (SSSR count). The van der Waals surface area contributed by atoms with Crippen LogP contribution in [-0.4, -0.2) is 37.0 Å². The molecule has 0 saturated carbocycles. The fraction of sp³-hybridized carbons (Fsp3) is 0.500. The van der Waals surface area contributed by atoms with Crippen LogP contribution >= 0.6 is 0 Å². The van der Waals surface area contributed by atoms with E-state index in [1.807, 2.05) is 18.2 Å². The van der Waals surface area contributed by atoms with Gasteiger partial charge in [-0.1, -0.05) is 30.3 Å². The molecule has 1 atom stereocenters. The number of nitrogens with one attached hydrogen (secondary N) is 1. The summed E-state index contributed by atoms with van der Waals surface area (Å²) in [5.74, 6) is 0. The lowest BCUT2D eigenvalue weighted by Crippen LogP contribution is -2.53. The van der Waals surface area contributed by atoms with Crippen LogP contribution in [0.5, 0.6) is 0 Å². The molecular weight excluding hydrogens is 190 g/mol. The Morgan fingerprint density at radius 1 is 1.33 bits per heavy atom. The maximum Gasteiger partial charge on any atom is 0.108 e. The van der Waals surface area contributed by atoms with Crippen molar-refractivity contribution in [3.63, 3.8) is 0 Å². The monoisotopic (exact) mass is 207 g/mol. The Morgan fingerprint density at radius 2 is 2.13 bits per heavy atom. The van der Waals surface area contributed by atoms with Crippen LogP contribution in [0.2, 0.25) is 0 Å². The van der Waals surface area contributed by atoms with Crippen molar-refractivity contribution in [2.75, 3.05) is 26.3 Å². The average Bonchev–Trinajstić information content (AvgIpc) is 2.32. The Morgan fingerprint density at radius 3 is 2.73 bits per heavy atom. The van der Waals surface area contributed by atoms with Gasteiger partial charge in [0.15, 0.2) is 0 Å². The molecule has 0 aliphatic carbocycles. The van der Waals surface area contributed by atoms with Gasteiger partial charge >= 0.3 is 0 Å². The standard InChI is InChI=1S/C12H17NO2/c14-10-12(9-13-6-7-15-12)8-11-4-2-1-3-5-11/h1-5,13-14H,6-10H2. The SMILES string of the molecule is OCC1(Cc2ccccc2)CNCCO1. The minimum atomic E-state index is -0.431. The van der Waals surface area contributed by atoms with Gasteiger partial charge in [-0.15, -0.1) is 0 Å². The molecule has 1 fully saturated rings. The summed E-state index contributed by atoms with van der Waals surface area (Å²) in [5.41, 5.74) is 0.773. The van der Waals surface area contributed by atoms with Gasteiger partial charge in [0.25, 0.3) is 0 Å². The van der Waals surface area contributed by atoms with Crippen molar-refractivity contribution in [2.45, 2.75) is 12.0 Å². The van der Waals surface area contributed by atoms with Gasteiger partial charge in [0, 0.05) is 19.5 Å². The Kier molecular flexibility index (Phi) is 3.36. The summed E-state index contributed by atoms with van der Waals surface area (Å²) in [6.07, 6.45) is 0.761. The minimum Gasteiger partial charge on any atom is -0.393 e. The van der Waals surface area contributed by atoms with Crippen molar-refractivity contribution in [2.24, 2.45) is 0 Å². The van der Waals surface area contributed by atoms with Gasteiger partial charge in [-0.05, 0) is 5.56 Å². The molecule has 0 spiro atoms. The number of morpholine rings is 1. The summed E-state index contributed by atoms with van der Waals surface area (Å²) >= 11 is 0. The van der Waals surface area contributed by atoms with Crippen LogP contribution in [0.15, 0.2) is 30.3 Å². The summed E-state index contributed by atoms with van der Waals surface area (Å²) in [4.78, 5) is 0. The van der Waals surface area contributed by atoms with Gasteiger partial charge in [0.1, 0.15) is 5.60 Å². The molecule has 2 N–H and O–H groups in total. The average molecular weight is 207 g/mol. The fourth-order valence-corrected chi connectivity index (χ4v) is 1.95. The molecule has 1 aromatic rings. The molecule has 1 aromatic carbocycles. The van der Waals surface area contributed by atoms with Gasteiger partial charge in [0.2, 0.25) is 0 Å². The predicted octanol–water partition coefficient (Wildman–Crippen LogP) is 0.580. The van der Waals surface area contributed by atoms with Gasteiger partial charge in [-0.25, -0.2) is 0 Å². The first-order valence-corrected chi connectivity index (χ1v) is 5.34. The Balaban J connectivity index is 2.07. The first kappa shape index (κ1) is 10.6. The van der Waals surface area contributed by atoms with Crippen LogP contribution in [0.3, 0.4) is 0 Å². The number of ether oxygens (including phenoxy) is 1. The zero-order valence-electron chi connectivity index (χ0n) is 8.78. The molecule has 0 amide bonds. The van der Waals surface area contributed by atoms with Crippen molar-refractivity contribution in [1.82, 2.24) is 5.32 Å². The number of rotatable bonds is 3. The molecule has 1 aliphatic rings. The zero-order chi connectivity index (χ0) is 10.6. The van der Waals surface area contributed by atoms with E-state index < -0.39 is 5.60 Å². The topological polar surface area (TPSA) is 41.5 Å². The number of benzene rings is 1. The number of hydrogen-bond acceptors (Lipinski definition) is 3. The van der Waals surface area contributed by atoms with E-state index in [1.165, 1.54) is 5.56 Å². The molecule has 3 heteroatoms. The molecular formula is C12H17NO2. The number of hydrogen-bond donors (Lipinski definition) is 2. The van der Waals surface area contributed by atoms with E-state index in [0.717, 1.165) is 19.5 Å². The lowest BCUT2D eigenvalue weighted by molar-refractivity contribution is -0.0954. The van der Waals surface area contributed by atoms with Crippen LogP contribution < -0.4 is 5.32 Å². The molecule has 0 aromatic heterocycles. The van der Waals surface area contributed by atoms with E-state index in [2.05, 4.69) is 17.4 Å². The Bertz CT molecular complexity index is 294. The molecule has 82 valence electrons. The second-order valence-electron chi connectivity index (χ2n) is 4.03. The third kappa shape index (κ3) is 2.56. The van der Waals surface area contributed by atoms with Gasteiger partial charge < -0.3 is 15.2 Å². The molecule has 1 unspecified atom stereocenters. The van der Waals surface area contributed by atoms with Crippen LogP contribution in [0, 0.1) is 0 Å². The van der Waals surface area contributed by atoms with Crippen molar-refractivity contribution >= 4 is 0 Å². The van der Waals surface area contributed by atoms with E-state index in [-0.39, 0.29) is 6.61 Å². The molecule has 0 radical (unpaired) electrons. The first-order chi connectivity index (χ1) is 7.35. The van der Waals surface area contributed by atoms with Crippen molar-refractivity contribution in [3.8, 4) is 0 Å². The highest BCUT2D eigenvalue weighted by Crippen LogP contribution is 2.19. The quantitative estimate of drug-likeness (QED) is 0.762. The largest absolute Gasteiger partial charge is 0.393 e. The smallest absolute Gasteiger partial charge is 0.108 e. The van der Waals surface area contributed by atoms with E-state index >= 15 is 0 Å². The van der Waals surface area contributed by atoms with Gasteiger partial charge in [-0.2, -0.15) is 0 Å². The van der Waals surface area contributed by atoms with Crippen LogP contribution in [0.1, 0.15) is 5.56 Å². The molecule has 1 saturated heterocycles. The second kappa shape index (κ2) is 4.75. The van der Waals surface area contributed by atoms with Crippen LogP contribution in [0.25, 0.3) is 0 Å². The van der Waals surface area contributed by atoms with Crippen molar-refractivity contribution in [3.05, 3.63) is 35.9 Å². The maximum atomic E-state index is 9.44. The van der Waals surface area contributed by atoms with Crippen LogP contribution in [0.4, 0.5) is 0 Å². The predicted molar refractivity (Wildman–Crippen MR) is 58.8 cm³/mol. The maximum absolute atomic E-state index is 9.44. The van der Waals surface area contributed by atoms with E-state index in [9.17, 15) is 5.11 Å². The third-order valence-electron chi connectivity index (χ3n) is 2.79. The Labute approximate surface area is 90.1 Å². The first-order valence-electron chi connectivity index (χ1n) is 5.34. The lowest BCUT2D eigenvalue weighted by atomic mass is 9.94. The minimum absolute atomic E-state index is 0.0644. The molecule has 1 aliphatic heterocycles. The van der Waals surface area contributed by atoms with Gasteiger partial charge in [-0.3, -0.25) is 0 Å². The summed E-state index contributed by atoms with van der Waals surface area (Å²) < 4.78 is 5.71. The van der Waals surface area contributed by atoms with Crippen molar-refractivity contribution < 1.29 is 9.84 Å². The lowest BCUT2D eigenvalue weighted by Gasteiger charge is -2.36. The summed E-state index contributed by atoms with van der Waals surface area (Å²) in [6, 6.07) is 10.1. The summed E-state index contributed by atoms with van der Waals surface area (Å²) in [6.45, 7) is 2.33. The second-order valence-corrected chi connectivity index (χ2v) is 4.03. The molecule has 1 heterocycles. The summed E-state index contributed by atoms with van der Waals surface area (Å²) in [5, 5.41) is 12.7. The van der Waals surface area contributed by atoms with Gasteiger partial charge in [0.05, 0.1) is 13.2 Å². The third-order valence-corrected chi connectivity index (χ3v) is 2.79. The number of aliphatic hydroxyl groups excluding tert-OH is 1. The molecule has 3 nitrogen and oxygen atoms in total. The molecule has 15 heavy (non-hydrogen) atoms. The van der Waals surface area contributed by atoms with Crippen LogP contribution in [-0.2, 0) is 11.2 Å². The highest BCUT2D eigenvalue weighted by Gasteiger charge is 2.32. The fourth-order valence-electron chi connectivity index (χ4n) is 1.95. The van der Waals surface area contributed by atoms with E-state index in [0.29, 0.717) is 6.61 Å². The summed E-state index contributed by atoms with van der Waals surface area (Å²) in [7, 11) is 0. The zero-order valence-corrected chi connectivity index (χ0v) is 8.78. The highest BCUT2D eigenvalue weighted by atomic mass is 16.5.